The molecule has 0 aliphatic heterocycles. The third-order valence-corrected chi connectivity index (χ3v) is 4.95. The quantitative estimate of drug-likeness (QED) is 0.810. The summed E-state index contributed by atoms with van der Waals surface area (Å²) in [6.45, 7) is 0. The molecule has 2 aromatic rings. The van der Waals surface area contributed by atoms with Gasteiger partial charge in [-0.25, -0.2) is 0 Å². The van der Waals surface area contributed by atoms with Crippen molar-refractivity contribution < 1.29 is 14.3 Å². The second-order valence-electron chi connectivity index (χ2n) is 6.87. The Labute approximate surface area is 160 Å². The van der Waals surface area contributed by atoms with Gasteiger partial charge in [0.2, 0.25) is 0 Å². The van der Waals surface area contributed by atoms with Crippen LogP contribution in [0.25, 0.3) is 0 Å². The van der Waals surface area contributed by atoms with Gasteiger partial charge in [-0.15, -0.1) is 0 Å². The number of anilines is 1. The molecule has 3 rings (SSSR count). The van der Waals surface area contributed by atoms with Gasteiger partial charge >= 0.3 is 0 Å². The molecule has 0 saturated heterocycles. The van der Waals surface area contributed by atoms with Gasteiger partial charge in [0.15, 0.2) is 6.10 Å². The molecular weight excluding hydrogens is 340 g/mol. The van der Waals surface area contributed by atoms with Crippen LogP contribution in [0.15, 0.2) is 54.6 Å². The zero-order valence-electron chi connectivity index (χ0n) is 15.6. The first-order valence-corrected chi connectivity index (χ1v) is 9.47. The molecule has 0 aromatic heterocycles. The lowest BCUT2D eigenvalue weighted by atomic mass is 9.95. The topological polar surface area (TPSA) is 67.4 Å². The Morgan fingerprint density at radius 1 is 0.963 bits per heavy atom. The molecule has 2 amide bonds. The van der Waals surface area contributed by atoms with Gasteiger partial charge in [-0.2, -0.15) is 0 Å². The highest BCUT2D eigenvalue weighted by molar-refractivity contribution is 6.04. The summed E-state index contributed by atoms with van der Waals surface area (Å²) >= 11 is 0. The van der Waals surface area contributed by atoms with Crippen molar-refractivity contribution in [2.75, 3.05) is 12.4 Å². The van der Waals surface area contributed by atoms with E-state index in [1.165, 1.54) is 13.5 Å². The number of carbonyl (C=O) groups excluding carboxylic acids is 2. The van der Waals surface area contributed by atoms with E-state index in [1.807, 2.05) is 30.3 Å². The summed E-state index contributed by atoms with van der Waals surface area (Å²) in [7, 11) is 1.50. The van der Waals surface area contributed by atoms with Crippen LogP contribution in [0.5, 0.6) is 0 Å². The first kappa shape index (κ1) is 19.1. The third kappa shape index (κ3) is 4.95. The van der Waals surface area contributed by atoms with Crippen molar-refractivity contribution >= 4 is 17.5 Å². The Morgan fingerprint density at radius 2 is 1.63 bits per heavy atom. The molecule has 1 fully saturated rings. The minimum absolute atomic E-state index is 0.147. The molecule has 1 aliphatic carbocycles. The lowest BCUT2D eigenvalue weighted by Gasteiger charge is -2.23. The van der Waals surface area contributed by atoms with Crippen molar-refractivity contribution in [2.45, 2.75) is 44.2 Å². The minimum Gasteiger partial charge on any atom is -0.367 e. The minimum atomic E-state index is -0.735. The summed E-state index contributed by atoms with van der Waals surface area (Å²) in [4.78, 5) is 25.5. The van der Waals surface area contributed by atoms with Crippen LogP contribution in [0, 0.1) is 0 Å². The summed E-state index contributed by atoms with van der Waals surface area (Å²) in [5, 5.41) is 5.96. The van der Waals surface area contributed by atoms with Crippen molar-refractivity contribution in [1.82, 2.24) is 5.32 Å². The molecule has 0 bridgehead atoms. The van der Waals surface area contributed by atoms with Crippen molar-refractivity contribution in [3.63, 3.8) is 0 Å². The Kier molecular flexibility index (Phi) is 6.60. The fraction of sp³-hybridized carbons (Fsp3) is 0.364. The van der Waals surface area contributed by atoms with Gasteiger partial charge < -0.3 is 15.4 Å². The largest absolute Gasteiger partial charge is 0.367 e. The number of carbonyl (C=O) groups is 2. The average molecular weight is 366 g/mol. The van der Waals surface area contributed by atoms with E-state index in [1.54, 1.807) is 24.3 Å². The normalized spacial score (nSPS) is 15.7. The predicted octanol–water partition coefficient (Wildman–Crippen LogP) is 4.08. The van der Waals surface area contributed by atoms with Crippen LogP contribution in [0.2, 0.25) is 0 Å². The Balaban J connectivity index is 1.73. The molecule has 0 heterocycles. The van der Waals surface area contributed by atoms with Crippen molar-refractivity contribution in [1.29, 1.82) is 0 Å². The second-order valence-corrected chi connectivity index (χ2v) is 6.87. The second kappa shape index (κ2) is 9.33. The maximum Gasteiger partial charge on any atom is 0.258 e. The van der Waals surface area contributed by atoms with Gasteiger partial charge in [-0.05, 0) is 30.5 Å². The number of hydrogen-bond donors (Lipinski definition) is 2. The smallest absolute Gasteiger partial charge is 0.258 e. The van der Waals surface area contributed by atoms with E-state index in [-0.39, 0.29) is 17.9 Å². The fourth-order valence-electron chi connectivity index (χ4n) is 3.52. The molecular formula is C22H26N2O3. The van der Waals surface area contributed by atoms with Crippen LogP contribution in [0.3, 0.4) is 0 Å². The van der Waals surface area contributed by atoms with Gasteiger partial charge in [0.1, 0.15) is 0 Å². The van der Waals surface area contributed by atoms with Crippen LogP contribution in [0.4, 0.5) is 5.69 Å². The van der Waals surface area contributed by atoms with E-state index in [4.69, 9.17) is 4.74 Å². The molecule has 2 aromatic carbocycles. The first-order chi connectivity index (χ1) is 13.2. The first-order valence-electron chi connectivity index (χ1n) is 9.47. The van der Waals surface area contributed by atoms with E-state index in [0.717, 1.165) is 31.2 Å². The SMILES string of the molecule is COC(C(=O)Nc1ccccc1C(=O)NC1CCCCC1)c1ccccc1. The van der Waals surface area contributed by atoms with Gasteiger partial charge in [0.25, 0.3) is 11.8 Å². The summed E-state index contributed by atoms with van der Waals surface area (Å²) < 4.78 is 5.38. The van der Waals surface area contributed by atoms with Gasteiger partial charge in [-0.3, -0.25) is 9.59 Å². The van der Waals surface area contributed by atoms with Crippen LogP contribution in [-0.2, 0) is 9.53 Å². The van der Waals surface area contributed by atoms with Crippen LogP contribution in [-0.4, -0.2) is 25.0 Å². The molecule has 1 unspecified atom stereocenters. The number of nitrogens with one attached hydrogen (secondary N) is 2. The standard InChI is InChI=1S/C22H26N2O3/c1-27-20(16-10-4-2-5-11-16)22(26)24-19-15-9-8-14-18(19)21(25)23-17-12-6-3-7-13-17/h2,4-5,8-11,14-15,17,20H,3,6-7,12-13H2,1H3,(H,23,25)(H,24,26). The molecule has 1 aliphatic rings. The monoisotopic (exact) mass is 366 g/mol. The Hall–Kier alpha value is -2.66. The molecule has 2 N–H and O–H groups in total. The summed E-state index contributed by atoms with van der Waals surface area (Å²) in [5.74, 6) is -0.451. The van der Waals surface area contributed by atoms with E-state index < -0.39 is 6.10 Å². The van der Waals surface area contributed by atoms with E-state index >= 15 is 0 Å². The zero-order chi connectivity index (χ0) is 19.1. The Morgan fingerprint density at radius 3 is 2.33 bits per heavy atom. The molecule has 0 spiro atoms. The highest BCUT2D eigenvalue weighted by atomic mass is 16.5. The summed E-state index contributed by atoms with van der Waals surface area (Å²) in [5.41, 5.74) is 1.73. The lowest BCUT2D eigenvalue weighted by Crippen LogP contribution is -2.36. The highest BCUT2D eigenvalue weighted by Crippen LogP contribution is 2.22. The van der Waals surface area contributed by atoms with Crippen molar-refractivity contribution in [3.05, 3.63) is 65.7 Å². The molecule has 5 heteroatoms. The predicted molar refractivity (Wildman–Crippen MR) is 106 cm³/mol. The molecule has 0 radical (unpaired) electrons. The average Bonchev–Trinajstić information content (AvgIpc) is 2.70. The number of methoxy groups -OCH3 is 1. The number of rotatable bonds is 6. The van der Waals surface area contributed by atoms with E-state index in [2.05, 4.69) is 10.6 Å². The third-order valence-electron chi connectivity index (χ3n) is 4.95. The highest BCUT2D eigenvalue weighted by Gasteiger charge is 2.23. The van der Waals surface area contributed by atoms with Crippen LogP contribution < -0.4 is 10.6 Å². The number of ether oxygens (including phenoxy) is 1. The zero-order valence-corrected chi connectivity index (χ0v) is 15.6. The molecule has 1 saturated carbocycles. The van der Waals surface area contributed by atoms with Crippen molar-refractivity contribution in [3.8, 4) is 0 Å². The number of amides is 2. The number of para-hydroxylation sites is 1. The number of benzene rings is 2. The Bertz CT molecular complexity index is 770. The summed E-state index contributed by atoms with van der Waals surface area (Å²) in [6, 6.07) is 16.6. The van der Waals surface area contributed by atoms with Crippen molar-refractivity contribution in [2.24, 2.45) is 0 Å². The van der Waals surface area contributed by atoms with Gasteiger partial charge in [0, 0.05) is 13.2 Å². The summed E-state index contributed by atoms with van der Waals surface area (Å²) in [6.07, 6.45) is 4.82. The van der Waals surface area contributed by atoms with Gasteiger partial charge in [-0.1, -0.05) is 61.7 Å². The van der Waals surface area contributed by atoms with Crippen LogP contribution in [0.1, 0.15) is 54.1 Å². The molecule has 142 valence electrons. The number of hydrogen-bond acceptors (Lipinski definition) is 3. The van der Waals surface area contributed by atoms with Crippen LogP contribution >= 0.6 is 0 Å². The lowest BCUT2D eigenvalue weighted by molar-refractivity contribution is -0.126. The van der Waals surface area contributed by atoms with E-state index in [0.29, 0.717) is 11.3 Å². The molecule has 27 heavy (non-hydrogen) atoms. The van der Waals surface area contributed by atoms with E-state index in [9.17, 15) is 9.59 Å². The molecule has 1 atom stereocenters. The molecule has 5 nitrogen and oxygen atoms in total. The maximum atomic E-state index is 12.7. The van der Waals surface area contributed by atoms with Gasteiger partial charge in [0.05, 0.1) is 11.3 Å². The fourth-order valence-corrected chi connectivity index (χ4v) is 3.52. The maximum absolute atomic E-state index is 12.7.